The van der Waals surface area contributed by atoms with Gasteiger partial charge in [-0.25, -0.2) is 19.4 Å². The Morgan fingerprint density at radius 1 is 0.969 bits per heavy atom. The lowest BCUT2D eigenvalue weighted by Crippen LogP contribution is -2.21. The first-order chi connectivity index (χ1) is 15.5. The molecule has 7 nitrogen and oxygen atoms in total. The number of hydrogen-bond acceptors (Lipinski definition) is 4. The summed E-state index contributed by atoms with van der Waals surface area (Å²) in [7, 11) is 0. The maximum absolute atomic E-state index is 12.9. The zero-order valence-corrected chi connectivity index (χ0v) is 18.2. The van der Waals surface area contributed by atoms with Crippen LogP contribution in [0.2, 0.25) is 0 Å². The minimum atomic E-state index is -0.203. The molecule has 7 heteroatoms. The van der Waals surface area contributed by atoms with Gasteiger partial charge in [0.05, 0.1) is 17.9 Å². The summed E-state index contributed by atoms with van der Waals surface area (Å²) in [5.41, 5.74) is 5.16. The first kappa shape index (κ1) is 19.9. The van der Waals surface area contributed by atoms with Crippen LogP contribution in [0.3, 0.4) is 0 Å². The molecule has 0 fully saturated rings. The molecule has 0 amide bonds. The molecule has 0 bridgehead atoms. The Balaban J connectivity index is 1.58. The van der Waals surface area contributed by atoms with E-state index in [9.17, 15) is 4.79 Å². The fourth-order valence-corrected chi connectivity index (χ4v) is 4.09. The Morgan fingerprint density at radius 2 is 1.75 bits per heavy atom. The number of nitrogens with one attached hydrogen (secondary N) is 1. The molecule has 0 unspecified atom stereocenters. The molecule has 1 atom stereocenters. The second kappa shape index (κ2) is 7.92. The number of nitrogens with zero attached hydrogens (tertiary/aromatic N) is 5. The minimum absolute atomic E-state index is 0.202. The molecule has 5 aromatic rings. The van der Waals surface area contributed by atoms with Gasteiger partial charge in [-0.15, -0.1) is 0 Å². The van der Waals surface area contributed by atoms with Crippen molar-refractivity contribution in [1.29, 1.82) is 0 Å². The average molecular weight is 425 g/mol. The Hall–Kier alpha value is -4.00. The van der Waals surface area contributed by atoms with Gasteiger partial charge in [0.15, 0.2) is 11.5 Å². The smallest absolute Gasteiger partial charge is 0.303 e. The minimum Gasteiger partial charge on any atom is -0.303 e. The van der Waals surface area contributed by atoms with E-state index in [1.165, 1.54) is 5.56 Å². The Kier molecular flexibility index (Phi) is 4.93. The highest BCUT2D eigenvalue weighted by molar-refractivity contribution is 5.74. The largest absolute Gasteiger partial charge is 0.328 e. The van der Waals surface area contributed by atoms with Gasteiger partial charge in [0, 0.05) is 18.0 Å². The van der Waals surface area contributed by atoms with Gasteiger partial charge in [0.1, 0.15) is 5.52 Å². The van der Waals surface area contributed by atoms with Crippen LogP contribution in [0.15, 0.2) is 78.0 Å². The number of H-pyrrole nitrogens is 1. The van der Waals surface area contributed by atoms with Crippen LogP contribution in [-0.4, -0.2) is 29.3 Å². The highest BCUT2D eigenvalue weighted by Gasteiger charge is 2.18. The SMILES string of the molecule is CC(C)c1ccccc1-c1ncc2[nH]c(=O)n([C@@H](C)c3ccc(-n4cccn4)cc3)c2n1. The zero-order valence-electron chi connectivity index (χ0n) is 18.2. The number of benzene rings is 2. The summed E-state index contributed by atoms with van der Waals surface area (Å²) in [5, 5.41) is 4.26. The van der Waals surface area contributed by atoms with Crippen LogP contribution < -0.4 is 5.69 Å². The van der Waals surface area contributed by atoms with E-state index < -0.39 is 0 Å². The normalized spacial score (nSPS) is 12.5. The van der Waals surface area contributed by atoms with E-state index in [1.54, 1.807) is 21.6 Å². The summed E-state index contributed by atoms with van der Waals surface area (Å²) in [4.78, 5) is 25.1. The van der Waals surface area contributed by atoms with E-state index >= 15 is 0 Å². The molecule has 0 spiro atoms. The molecule has 0 aliphatic heterocycles. The predicted octanol–water partition coefficient (Wildman–Crippen LogP) is 4.71. The van der Waals surface area contributed by atoms with Gasteiger partial charge in [-0.2, -0.15) is 5.10 Å². The highest BCUT2D eigenvalue weighted by atomic mass is 16.1. The van der Waals surface area contributed by atoms with Crippen LogP contribution in [0.1, 0.15) is 43.9 Å². The predicted molar refractivity (Wildman–Crippen MR) is 125 cm³/mol. The summed E-state index contributed by atoms with van der Waals surface area (Å²) < 4.78 is 3.50. The molecule has 32 heavy (non-hydrogen) atoms. The number of hydrogen-bond donors (Lipinski definition) is 1. The highest BCUT2D eigenvalue weighted by Crippen LogP contribution is 2.28. The first-order valence-electron chi connectivity index (χ1n) is 10.7. The van der Waals surface area contributed by atoms with Gasteiger partial charge in [0.2, 0.25) is 0 Å². The van der Waals surface area contributed by atoms with Crippen molar-refractivity contribution in [3.63, 3.8) is 0 Å². The summed E-state index contributed by atoms with van der Waals surface area (Å²) in [6.45, 7) is 6.30. The second-order valence-electron chi connectivity index (χ2n) is 8.19. The molecule has 3 heterocycles. The summed E-state index contributed by atoms with van der Waals surface area (Å²) in [6.07, 6.45) is 5.34. The Labute approximate surface area is 185 Å². The first-order valence-corrected chi connectivity index (χ1v) is 10.7. The van der Waals surface area contributed by atoms with E-state index in [2.05, 4.69) is 35.0 Å². The molecule has 160 valence electrons. The quantitative estimate of drug-likeness (QED) is 0.443. The zero-order chi connectivity index (χ0) is 22.2. The van der Waals surface area contributed by atoms with E-state index in [-0.39, 0.29) is 11.7 Å². The molecule has 5 rings (SSSR count). The molecule has 1 N–H and O–H groups in total. The molecule has 0 aliphatic rings. The molecule has 2 aromatic carbocycles. The molecule has 0 saturated carbocycles. The van der Waals surface area contributed by atoms with Crippen LogP contribution in [0.4, 0.5) is 0 Å². The topological polar surface area (TPSA) is 81.4 Å². The average Bonchev–Trinajstić information content (AvgIpc) is 3.46. The molecule has 3 aromatic heterocycles. The number of aromatic amines is 1. The Morgan fingerprint density at radius 3 is 2.47 bits per heavy atom. The van der Waals surface area contributed by atoms with Crippen molar-refractivity contribution in [3.05, 3.63) is 94.8 Å². The number of imidazole rings is 1. The van der Waals surface area contributed by atoms with Crippen LogP contribution >= 0.6 is 0 Å². The lowest BCUT2D eigenvalue weighted by Gasteiger charge is -2.15. The van der Waals surface area contributed by atoms with E-state index in [0.717, 1.165) is 16.8 Å². The third-order valence-electron chi connectivity index (χ3n) is 5.81. The molecular formula is C25H24N6O. The fourth-order valence-electron chi connectivity index (χ4n) is 4.09. The van der Waals surface area contributed by atoms with Crippen molar-refractivity contribution in [2.24, 2.45) is 0 Å². The van der Waals surface area contributed by atoms with Gasteiger partial charge < -0.3 is 4.98 Å². The van der Waals surface area contributed by atoms with E-state index in [4.69, 9.17) is 4.98 Å². The van der Waals surface area contributed by atoms with Gasteiger partial charge in [0.25, 0.3) is 0 Å². The van der Waals surface area contributed by atoms with Crippen molar-refractivity contribution in [2.75, 3.05) is 0 Å². The molecular weight excluding hydrogens is 400 g/mol. The maximum Gasteiger partial charge on any atom is 0.328 e. The van der Waals surface area contributed by atoms with Crippen LogP contribution in [0.25, 0.3) is 28.2 Å². The number of rotatable bonds is 5. The van der Waals surface area contributed by atoms with Crippen molar-refractivity contribution >= 4 is 11.2 Å². The lowest BCUT2D eigenvalue weighted by atomic mass is 9.97. The van der Waals surface area contributed by atoms with Crippen LogP contribution in [0, 0.1) is 0 Å². The van der Waals surface area contributed by atoms with Gasteiger partial charge in [-0.05, 0) is 42.2 Å². The van der Waals surface area contributed by atoms with Crippen LogP contribution in [-0.2, 0) is 0 Å². The Bertz CT molecular complexity index is 1430. The number of fused-ring (bicyclic) bond motifs is 1. The third kappa shape index (κ3) is 3.41. The summed E-state index contributed by atoms with van der Waals surface area (Å²) in [6, 6.07) is 17.9. The number of aromatic nitrogens is 6. The molecule has 0 saturated heterocycles. The standard InChI is InChI=1S/C25H24N6O/c1-16(2)20-7-4-5-8-21(20)23-26-15-22-24(29-23)31(25(32)28-22)17(3)18-9-11-19(12-10-18)30-14-6-13-27-30/h4-17H,1-3H3,(H,28,32)/t17-/m0/s1. The van der Waals surface area contributed by atoms with E-state index in [0.29, 0.717) is 22.9 Å². The lowest BCUT2D eigenvalue weighted by molar-refractivity contribution is 0.630. The third-order valence-corrected chi connectivity index (χ3v) is 5.81. The van der Waals surface area contributed by atoms with Crippen molar-refractivity contribution in [2.45, 2.75) is 32.7 Å². The summed E-state index contributed by atoms with van der Waals surface area (Å²) in [5.74, 6) is 0.960. The maximum atomic E-state index is 12.9. The van der Waals surface area contributed by atoms with Crippen molar-refractivity contribution in [1.82, 2.24) is 29.3 Å². The van der Waals surface area contributed by atoms with Crippen molar-refractivity contribution in [3.8, 4) is 17.1 Å². The van der Waals surface area contributed by atoms with Gasteiger partial charge in [-0.1, -0.05) is 50.2 Å². The second-order valence-corrected chi connectivity index (χ2v) is 8.19. The van der Waals surface area contributed by atoms with Gasteiger partial charge >= 0.3 is 5.69 Å². The van der Waals surface area contributed by atoms with Gasteiger partial charge in [-0.3, -0.25) is 4.57 Å². The summed E-state index contributed by atoms with van der Waals surface area (Å²) >= 11 is 0. The fraction of sp³-hybridized carbons (Fsp3) is 0.200. The monoisotopic (exact) mass is 424 g/mol. The van der Waals surface area contributed by atoms with Crippen molar-refractivity contribution < 1.29 is 0 Å². The molecule has 0 aliphatic carbocycles. The van der Waals surface area contributed by atoms with Crippen LogP contribution in [0.5, 0.6) is 0 Å². The van der Waals surface area contributed by atoms with E-state index in [1.807, 2.05) is 61.7 Å². The molecule has 0 radical (unpaired) electrons.